The lowest BCUT2D eigenvalue weighted by atomic mass is 10.0. The molecule has 0 radical (unpaired) electrons. The summed E-state index contributed by atoms with van der Waals surface area (Å²) in [5.41, 5.74) is 1.51. The maximum atomic E-state index is 11.5. The Bertz CT molecular complexity index is 475. The Balaban J connectivity index is 3.04. The van der Waals surface area contributed by atoms with Gasteiger partial charge in [0, 0.05) is 19.4 Å². The molecule has 88 valence electrons. The van der Waals surface area contributed by atoms with Gasteiger partial charge < -0.3 is 5.32 Å². The Labute approximate surface area is 100 Å². The molecule has 0 bridgehead atoms. The van der Waals surface area contributed by atoms with E-state index in [-0.39, 0.29) is 11.4 Å². The van der Waals surface area contributed by atoms with E-state index in [1.165, 1.54) is 20.0 Å². The van der Waals surface area contributed by atoms with Crippen LogP contribution in [0.4, 0.5) is 0 Å². The summed E-state index contributed by atoms with van der Waals surface area (Å²) in [6.07, 6.45) is 4.74. The summed E-state index contributed by atoms with van der Waals surface area (Å²) in [7, 11) is 1.48. The summed E-state index contributed by atoms with van der Waals surface area (Å²) >= 11 is 0. The number of Topliss-reactive ketones (excluding diaryl/α,β-unsaturated/α-hetero) is 1. The minimum atomic E-state index is -0.410. The lowest BCUT2D eigenvalue weighted by Crippen LogP contribution is -2.23. The Morgan fingerprint density at radius 1 is 1.35 bits per heavy atom. The Morgan fingerprint density at radius 2 is 1.94 bits per heavy atom. The van der Waals surface area contributed by atoms with Gasteiger partial charge in [-0.3, -0.25) is 14.6 Å². The fraction of sp³-hybridized carbons (Fsp3) is 0.154. The van der Waals surface area contributed by atoms with Crippen molar-refractivity contribution in [2.75, 3.05) is 7.05 Å². The van der Waals surface area contributed by atoms with Crippen molar-refractivity contribution in [3.05, 3.63) is 48.3 Å². The molecule has 0 aliphatic carbocycles. The highest BCUT2D eigenvalue weighted by Gasteiger charge is 2.13. The Hall–Kier alpha value is -2.23. The fourth-order valence-electron chi connectivity index (χ4n) is 1.29. The van der Waals surface area contributed by atoms with E-state index < -0.39 is 5.91 Å². The quantitative estimate of drug-likeness (QED) is 0.367. The fourth-order valence-corrected chi connectivity index (χ4v) is 1.29. The van der Waals surface area contributed by atoms with Crippen LogP contribution in [-0.2, 0) is 9.59 Å². The van der Waals surface area contributed by atoms with E-state index in [4.69, 9.17) is 0 Å². The molecule has 1 aromatic heterocycles. The molecule has 0 saturated carbocycles. The van der Waals surface area contributed by atoms with Crippen LogP contribution in [0.25, 0.3) is 5.57 Å². The molecule has 1 aromatic rings. The first-order chi connectivity index (χ1) is 8.06. The number of rotatable bonds is 4. The number of likely N-dealkylation sites (N-methyl/N-ethyl adjacent to an activating group) is 1. The minimum absolute atomic E-state index is 0.0920. The molecule has 1 amide bonds. The molecule has 0 unspecified atom stereocenters. The lowest BCUT2D eigenvalue weighted by Gasteiger charge is -2.04. The second-order valence-corrected chi connectivity index (χ2v) is 3.45. The maximum Gasteiger partial charge on any atom is 0.254 e. The van der Waals surface area contributed by atoms with E-state index in [9.17, 15) is 9.59 Å². The Morgan fingerprint density at radius 3 is 2.41 bits per heavy atom. The van der Waals surface area contributed by atoms with E-state index in [2.05, 4.69) is 16.9 Å². The SMILES string of the molecule is C=C(/C=C(/C(C)=O)C(=O)NC)c1ccncc1. The maximum absolute atomic E-state index is 11.5. The van der Waals surface area contributed by atoms with E-state index >= 15 is 0 Å². The monoisotopic (exact) mass is 230 g/mol. The molecular formula is C13H14N2O2. The number of carbonyl (C=O) groups excluding carboxylic acids is 2. The van der Waals surface area contributed by atoms with Crippen molar-refractivity contribution >= 4 is 17.3 Å². The second kappa shape index (κ2) is 5.75. The zero-order valence-electron chi connectivity index (χ0n) is 9.86. The van der Waals surface area contributed by atoms with Crippen LogP contribution >= 0.6 is 0 Å². The Kier molecular flexibility index (Phi) is 4.34. The minimum Gasteiger partial charge on any atom is -0.355 e. The number of hydrogen-bond acceptors (Lipinski definition) is 3. The van der Waals surface area contributed by atoms with Crippen molar-refractivity contribution in [2.45, 2.75) is 6.92 Å². The van der Waals surface area contributed by atoms with Crippen LogP contribution < -0.4 is 5.32 Å². The predicted molar refractivity (Wildman–Crippen MR) is 66.1 cm³/mol. The van der Waals surface area contributed by atoms with Crippen molar-refractivity contribution in [1.82, 2.24) is 10.3 Å². The topological polar surface area (TPSA) is 59.1 Å². The molecule has 0 aliphatic rings. The number of nitrogens with zero attached hydrogens (tertiary/aromatic N) is 1. The molecule has 1 N–H and O–H groups in total. The summed E-state index contributed by atoms with van der Waals surface area (Å²) in [6, 6.07) is 3.53. The standard InChI is InChI=1S/C13H14N2O2/c1-9(11-4-6-15-7-5-11)8-12(10(2)16)13(17)14-3/h4-8H,1H2,2-3H3,(H,14,17)/b12-8-. The van der Waals surface area contributed by atoms with Crippen LogP contribution in [0.1, 0.15) is 12.5 Å². The third kappa shape index (κ3) is 3.38. The molecule has 0 aromatic carbocycles. The molecule has 0 aliphatic heterocycles. The van der Waals surface area contributed by atoms with Gasteiger partial charge in [0.2, 0.25) is 0 Å². The van der Waals surface area contributed by atoms with Gasteiger partial charge in [-0.15, -0.1) is 0 Å². The van der Waals surface area contributed by atoms with Gasteiger partial charge in [0.15, 0.2) is 5.78 Å². The highest BCUT2D eigenvalue weighted by atomic mass is 16.2. The molecule has 0 saturated heterocycles. The van der Waals surface area contributed by atoms with E-state index in [1.54, 1.807) is 24.5 Å². The number of hydrogen-bond donors (Lipinski definition) is 1. The summed E-state index contributed by atoms with van der Waals surface area (Å²) in [5.74, 6) is -0.702. The normalized spacial score (nSPS) is 10.8. The van der Waals surface area contributed by atoms with Crippen molar-refractivity contribution < 1.29 is 9.59 Å². The number of pyridine rings is 1. The third-order valence-corrected chi connectivity index (χ3v) is 2.22. The van der Waals surface area contributed by atoms with Gasteiger partial charge in [0.05, 0.1) is 5.57 Å². The van der Waals surface area contributed by atoms with E-state index in [0.29, 0.717) is 5.57 Å². The summed E-state index contributed by atoms with van der Waals surface area (Å²) in [5, 5.41) is 2.42. The number of ketones is 1. The summed E-state index contributed by atoms with van der Waals surface area (Å²) in [4.78, 5) is 26.7. The predicted octanol–water partition coefficient (Wildman–Crippen LogP) is 1.36. The van der Waals surface area contributed by atoms with Crippen molar-refractivity contribution in [3.8, 4) is 0 Å². The number of carbonyl (C=O) groups is 2. The highest BCUT2D eigenvalue weighted by Crippen LogP contribution is 2.14. The number of aromatic nitrogens is 1. The van der Waals surface area contributed by atoms with Gasteiger partial charge in [-0.2, -0.15) is 0 Å². The molecular weight excluding hydrogens is 216 g/mol. The van der Waals surface area contributed by atoms with Crippen LogP contribution in [0, 0.1) is 0 Å². The highest BCUT2D eigenvalue weighted by molar-refractivity contribution is 6.19. The first kappa shape index (κ1) is 12.8. The van der Waals surface area contributed by atoms with Crippen molar-refractivity contribution in [1.29, 1.82) is 0 Å². The van der Waals surface area contributed by atoms with Gasteiger partial charge in [-0.05, 0) is 36.3 Å². The number of nitrogens with one attached hydrogen (secondary N) is 1. The van der Waals surface area contributed by atoms with Crippen molar-refractivity contribution in [3.63, 3.8) is 0 Å². The zero-order valence-corrected chi connectivity index (χ0v) is 9.86. The molecule has 0 atom stereocenters. The number of allylic oxidation sites excluding steroid dienone is 2. The van der Waals surface area contributed by atoms with E-state index in [0.717, 1.165) is 5.56 Å². The first-order valence-electron chi connectivity index (χ1n) is 5.10. The molecule has 1 rings (SSSR count). The van der Waals surface area contributed by atoms with Crippen LogP contribution in [0.2, 0.25) is 0 Å². The molecule has 17 heavy (non-hydrogen) atoms. The number of amides is 1. The average molecular weight is 230 g/mol. The largest absolute Gasteiger partial charge is 0.355 e. The average Bonchev–Trinajstić information content (AvgIpc) is 2.35. The van der Waals surface area contributed by atoms with Crippen LogP contribution in [0.3, 0.4) is 0 Å². The smallest absolute Gasteiger partial charge is 0.254 e. The van der Waals surface area contributed by atoms with Gasteiger partial charge >= 0.3 is 0 Å². The zero-order chi connectivity index (χ0) is 12.8. The molecule has 1 heterocycles. The molecule has 4 heteroatoms. The van der Waals surface area contributed by atoms with Crippen LogP contribution in [0.5, 0.6) is 0 Å². The van der Waals surface area contributed by atoms with Gasteiger partial charge in [-0.1, -0.05) is 6.58 Å². The molecule has 4 nitrogen and oxygen atoms in total. The van der Waals surface area contributed by atoms with Crippen molar-refractivity contribution in [2.24, 2.45) is 0 Å². The van der Waals surface area contributed by atoms with E-state index in [1.807, 2.05) is 0 Å². The summed E-state index contributed by atoms with van der Waals surface area (Å²) < 4.78 is 0. The summed E-state index contributed by atoms with van der Waals surface area (Å²) in [6.45, 7) is 5.18. The van der Waals surface area contributed by atoms with Gasteiger partial charge in [-0.25, -0.2) is 0 Å². The van der Waals surface area contributed by atoms with Gasteiger partial charge in [0.1, 0.15) is 0 Å². The first-order valence-corrected chi connectivity index (χ1v) is 5.10. The lowest BCUT2D eigenvalue weighted by molar-refractivity contribution is -0.121. The molecule has 0 fully saturated rings. The van der Waals surface area contributed by atoms with Crippen LogP contribution in [-0.4, -0.2) is 23.7 Å². The third-order valence-electron chi connectivity index (χ3n) is 2.22. The molecule has 0 spiro atoms. The van der Waals surface area contributed by atoms with Gasteiger partial charge in [0.25, 0.3) is 5.91 Å². The van der Waals surface area contributed by atoms with Crippen LogP contribution in [0.15, 0.2) is 42.8 Å². The second-order valence-electron chi connectivity index (χ2n) is 3.45.